The van der Waals surface area contributed by atoms with E-state index in [0.717, 1.165) is 24.9 Å². The first-order valence-corrected chi connectivity index (χ1v) is 8.60. The van der Waals surface area contributed by atoms with Crippen molar-refractivity contribution in [3.8, 4) is 0 Å². The number of benzene rings is 1. The van der Waals surface area contributed by atoms with Crippen molar-refractivity contribution < 1.29 is 0 Å². The first kappa shape index (κ1) is 16.5. The summed E-state index contributed by atoms with van der Waals surface area (Å²) in [5.41, 5.74) is 7.54. The van der Waals surface area contributed by atoms with Crippen LogP contribution >= 0.6 is 0 Å². The van der Waals surface area contributed by atoms with E-state index in [9.17, 15) is 0 Å². The fraction of sp³-hybridized carbons (Fsp3) is 0.684. The van der Waals surface area contributed by atoms with Crippen LogP contribution in [0, 0.1) is 5.92 Å². The van der Waals surface area contributed by atoms with E-state index in [1.807, 2.05) is 0 Å². The summed E-state index contributed by atoms with van der Waals surface area (Å²) in [6.07, 6.45) is 6.65. The molecule has 4 atom stereocenters. The first-order chi connectivity index (χ1) is 10.1. The Hall–Kier alpha value is -0.860. The maximum atomic E-state index is 6.11. The fourth-order valence-electron chi connectivity index (χ4n) is 3.93. The van der Waals surface area contributed by atoms with Crippen LogP contribution in [0.1, 0.15) is 57.4 Å². The van der Waals surface area contributed by atoms with Gasteiger partial charge in [0.25, 0.3) is 0 Å². The lowest BCUT2D eigenvalue weighted by Crippen LogP contribution is -2.48. The first-order valence-electron chi connectivity index (χ1n) is 8.60. The molecule has 118 valence electrons. The predicted molar refractivity (Wildman–Crippen MR) is 91.5 cm³/mol. The van der Waals surface area contributed by atoms with Gasteiger partial charge in [-0.3, -0.25) is 4.90 Å². The van der Waals surface area contributed by atoms with Gasteiger partial charge < -0.3 is 5.73 Å². The minimum atomic E-state index is 0.491. The third kappa shape index (κ3) is 4.31. The topological polar surface area (TPSA) is 29.3 Å². The Morgan fingerprint density at radius 1 is 1.19 bits per heavy atom. The summed E-state index contributed by atoms with van der Waals surface area (Å²) in [7, 11) is 2.29. The number of nitrogens with zero attached hydrogens (tertiary/aromatic N) is 1. The molecule has 1 aliphatic rings. The van der Waals surface area contributed by atoms with Crippen LogP contribution in [0.4, 0.5) is 0 Å². The van der Waals surface area contributed by atoms with Crippen molar-refractivity contribution in [1.82, 2.24) is 4.90 Å². The molecule has 2 N–H and O–H groups in total. The van der Waals surface area contributed by atoms with Gasteiger partial charge in [0.05, 0.1) is 0 Å². The van der Waals surface area contributed by atoms with E-state index in [1.54, 1.807) is 0 Å². The molecule has 0 heterocycles. The highest BCUT2D eigenvalue weighted by molar-refractivity contribution is 5.19. The lowest BCUT2D eigenvalue weighted by molar-refractivity contribution is 0.0923. The largest absolute Gasteiger partial charge is 0.329 e. The zero-order valence-electron chi connectivity index (χ0n) is 14.0. The molecule has 0 spiro atoms. The van der Waals surface area contributed by atoms with Crippen LogP contribution in [0.5, 0.6) is 0 Å². The Labute approximate surface area is 130 Å². The van der Waals surface area contributed by atoms with Crippen LogP contribution in [0.2, 0.25) is 0 Å². The molecular formula is C19H32N2. The summed E-state index contributed by atoms with van der Waals surface area (Å²) in [5, 5.41) is 0. The molecule has 1 fully saturated rings. The van der Waals surface area contributed by atoms with Crippen molar-refractivity contribution in [2.24, 2.45) is 11.7 Å². The molecule has 1 aromatic rings. The summed E-state index contributed by atoms with van der Waals surface area (Å²) in [5.74, 6) is 1.38. The Balaban J connectivity index is 1.98. The van der Waals surface area contributed by atoms with Crippen molar-refractivity contribution in [2.75, 3.05) is 13.6 Å². The van der Waals surface area contributed by atoms with Gasteiger partial charge in [-0.15, -0.1) is 0 Å². The molecule has 0 aromatic heterocycles. The maximum absolute atomic E-state index is 6.11. The minimum Gasteiger partial charge on any atom is -0.329 e. The van der Waals surface area contributed by atoms with E-state index in [0.29, 0.717) is 12.0 Å². The Kier molecular flexibility index (Phi) is 6.25. The molecule has 1 saturated carbocycles. The van der Waals surface area contributed by atoms with Gasteiger partial charge in [0.1, 0.15) is 0 Å². The van der Waals surface area contributed by atoms with Crippen molar-refractivity contribution >= 4 is 0 Å². The third-order valence-electron chi connectivity index (χ3n) is 5.43. The quantitative estimate of drug-likeness (QED) is 0.856. The summed E-state index contributed by atoms with van der Waals surface area (Å²) in [6.45, 7) is 5.50. The Morgan fingerprint density at radius 2 is 1.86 bits per heavy atom. The van der Waals surface area contributed by atoms with Gasteiger partial charge in [0.2, 0.25) is 0 Å². The molecule has 2 rings (SSSR count). The molecule has 1 aliphatic carbocycles. The fourth-order valence-corrected chi connectivity index (χ4v) is 3.93. The second-order valence-electron chi connectivity index (χ2n) is 6.93. The molecule has 0 saturated heterocycles. The summed E-state index contributed by atoms with van der Waals surface area (Å²) in [6, 6.07) is 12.0. The highest BCUT2D eigenvalue weighted by Gasteiger charge is 2.29. The lowest BCUT2D eigenvalue weighted by atomic mass is 9.83. The van der Waals surface area contributed by atoms with E-state index in [-0.39, 0.29) is 0 Å². The van der Waals surface area contributed by atoms with Gasteiger partial charge in [-0.05, 0) is 43.7 Å². The van der Waals surface area contributed by atoms with Gasteiger partial charge in [0, 0.05) is 18.6 Å². The number of nitrogens with two attached hydrogens (primary N) is 1. The smallest absolute Gasteiger partial charge is 0.0224 e. The van der Waals surface area contributed by atoms with E-state index < -0.39 is 0 Å². The summed E-state index contributed by atoms with van der Waals surface area (Å²) in [4.78, 5) is 2.59. The molecule has 1 aromatic carbocycles. The highest BCUT2D eigenvalue weighted by atomic mass is 15.2. The second kappa shape index (κ2) is 7.95. The van der Waals surface area contributed by atoms with E-state index in [2.05, 4.69) is 56.1 Å². The van der Waals surface area contributed by atoms with E-state index in [4.69, 9.17) is 5.73 Å². The molecule has 0 aliphatic heterocycles. The van der Waals surface area contributed by atoms with Crippen LogP contribution in [-0.4, -0.2) is 30.6 Å². The minimum absolute atomic E-state index is 0.491. The predicted octanol–water partition coefficient (Wildman–Crippen LogP) is 4.02. The second-order valence-corrected chi connectivity index (χ2v) is 6.93. The van der Waals surface area contributed by atoms with Gasteiger partial charge >= 0.3 is 0 Å². The average molecular weight is 288 g/mol. The average Bonchev–Trinajstić information content (AvgIpc) is 2.53. The van der Waals surface area contributed by atoms with Crippen molar-refractivity contribution in [3.63, 3.8) is 0 Å². The van der Waals surface area contributed by atoms with Crippen molar-refractivity contribution in [3.05, 3.63) is 35.9 Å². The van der Waals surface area contributed by atoms with Gasteiger partial charge in [-0.25, -0.2) is 0 Å². The zero-order valence-corrected chi connectivity index (χ0v) is 14.0. The third-order valence-corrected chi connectivity index (χ3v) is 5.43. The number of rotatable bonds is 6. The SMILES string of the molecule is CC(CC(CN)N(C)C1CCCCC1C)c1ccccc1. The Morgan fingerprint density at radius 3 is 2.48 bits per heavy atom. The van der Waals surface area contributed by atoms with Crippen molar-refractivity contribution in [1.29, 1.82) is 0 Å². The molecule has 21 heavy (non-hydrogen) atoms. The molecule has 0 bridgehead atoms. The number of hydrogen-bond acceptors (Lipinski definition) is 2. The molecule has 2 nitrogen and oxygen atoms in total. The molecule has 2 heteroatoms. The molecular weight excluding hydrogens is 256 g/mol. The van der Waals surface area contributed by atoms with Crippen LogP contribution in [0.15, 0.2) is 30.3 Å². The number of hydrogen-bond donors (Lipinski definition) is 1. The van der Waals surface area contributed by atoms with Crippen LogP contribution in [-0.2, 0) is 0 Å². The normalized spacial score (nSPS) is 25.8. The zero-order chi connectivity index (χ0) is 15.2. The molecule has 4 unspecified atom stereocenters. The van der Waals surface area contributed by atoms with Crippen molar-refractivity contribution in [2.45, 2.75) is 64.0 Å². The van der Waals surface area contributed by atoms with Gasteiger partial charge in [-0.2, -0.15) is 0 Å². The van der Waals surface area contributed by atoms with Crippen LogP contribution in [0.25, 0.3) is 0 Å². The molecule has 0 radical (unpaired) electrons. The standard InChI is InChI=1S/C19H32N2/c1-15-9-7-8-12-19(15)21(3)18(14-20)13-16(2)17-10-5-4-6-11-17/h4-6,10-11,15-16,18-19H,7-9,12-14,20H2,1-3H3. The van der Waals surface area contributed by atoms with Crippen LogP contribution in [0.3, 0.4) is 0 Å². The lowest BCUT2D eigenvalue weighted by Gasteiger charge is -2.41. The van der Waals surface area contributed by atoms with E-state index in [1.165, 1.54) is 31.2 Å². The van der Waals surface area contributed by atoms with Gasteiger partial charge in [0.15, 0.2) is 0 Å². The molecule has 0 amide bonds. The summed E-state index contributed by atoms with van der Waals surface area (Å²) < 4.78 is 0. The van der Waals surface area contributed by atoms with E-state index >= 15 is 0 Å². The number of likely N-dealkylation sites (N-methyl/N-ethyl adjacent to an activating group) is 1. The maximum Gasteiger partial charge on any atom is 0.0224 e. The van der Waals surface area contributed by atoms with Crippen LogP contribution < -0.4 is 5.73 Å². The Bertz CT molecular complexity index is 403. The monoisotopic (exact) mass is 288 g/mol. The highest BCUT2D eigenvalue weighted by Crippen LogP contribution is 2.30. The summed E-state index contributed by atoms with van der Waals surface area (Å²) >= 11 is 0. The van der Waals surface area contributed by atoms with Gasteiger partial charge in [-0.1, -0.05) is 57.0 Å².